The van der Waals surface area contributed by atoms with E-state index in [4.69, 9.17) is 4.74 Å². The van der Waals surface area contributed by atoms with E-state index in [1.165, 1.54) is 31.2 Å². The van der Waals surface area contributed by atoms with Gasteiger partial charge >= 0.3 is 0 Å². The van der Waals surface area contributed by atoms with Crippen LogP contribution in [-0.4, -0.2) is 16.1 Å². The van der Waals surface area contributed by atoms with Crippen LogP contribution in [0.3, 0.4) is 0 Å². The standard InChI is InChI=1S/C19H24N2O.C2H6/c1-14-3-7-16(8-4-14)17-11-20-19(21-12-17)13-22-18-9-5-15(2)6-10-18;1-2/h3-4,7-8,11-12,15,18H,5-6,9-10,13H2,1-2H3;1-2H3. The minimum atomic E-state index is 0.386. The Balaban J connectivity index is 0.00000100. The van der Waals surface area contributed by atoms with Crippen molar-refractivity contribution in [3.05, 3.63) is 48.0 Å². The van der Waals surface area contributed by atoms with Gasteiger partial charge in [0.25, 0.3) is 0 Å². The Morgan fingerprint density at radius 2 is 1.50 bits per heavy atom. The van der Waals surface area contributed by atoms with Crippen molar-refractivity contribution in [3.8, 4) is 11.1 Å². The summed E-state index contributed by atoms with van der Waals surface area (Å²) in [5, 5.41) is 0. The molecule has 0 spiro atoms. The number of hydrogen-bond donors (Lipinski definition) is 0. The van der Waals surface area contributed by atoms with Gasteiger partial charge in [0.1, 0.15) is 6.61 Å². The van der Waals surface area contributed by atoms with E-state index in [1.807, 2.05) is 26.2 Å². The number of ether oxygens (including phenoxy) is 1. The molecule has 1 aliphatic rings. The number of hydrogen-bond acceptors (Lipinski definition) is 3. The van der Waals surface area contributed by atoms with E-state index >= 15 is 0 Å². The molecule has 0 atom stereocenters. The average Bonchev–Trinajstić information content (AvgIpc) is 2.64. The molecule has 0 amide bonds. The Bertz CT molecular complexity index is 584. The van der Waals surface area contributed by atoms with Gasteiger partial charge in [0.05, 0.1) is 6.10 Å². The molecule has 1 aromatic heterocycles. The molecule has 0 unspecified atom stereocenters. The van der Waals surface area contributed by atoms with Crippen molar-refractivity contribution in [1.29, 1.82) is 0 Å². The molecule has 2 aromatic rings. The molecule has 3 rings (SSSR count). The lowest BCUT2D eigenvalue weighted by Gasteiger charge is -2.25. The van der Waals surface area contributed by atoms with Gasteiger partial charge in [-0.1, -0.05) is 50.6 Å². The summed E-state index contributed by atoms with van der Waals surface area (Å²) in [5.41, 5.74) is 3.46. The number of benzene rings is 1. The first-order valence-corrected chi connectivity index (χ1v) is 9.20. The van der Waals surface area contributed by atoms with Crippen LogP contribution in [0, 0.1) is 12.8 Å². The summed E-state index contributed by atoms with van der Waals surface area (Å²) in [4.78, 5) is 8.88. The van der Waals surface area contributed by atoms with E-state index < -0.39 is 0 Å². The second-order valence-corrected chi connectivity index (χ2v) is 6.45. The van der Waals surface area contributed by atoms with Crippen LogP contribution in [0.25, 0.3) is 11.1 Å². The Hall–Kier alpha value is -1.74. The van der Waals surface area contributed by atoms with E-state index in [1.54, 1.807) is 0 Å². The van der Waals surface area contributed by atoms with Crippen molar-refractivity contribution in [2.24, 2.45) is 5.92 Å². The molecule has 1 aromatic carbocycles. The Labute approximate surface area is 146 Å². The maximum atomic E-state index is 5.95. The predicted octanol–water partition coefficient (Wildman–Crippen LogP) is 5.57. The van der Waals surface area contributed by atoms with Gasteiger partial charge in [-0.3, -0.25) is 0 Å². The van der Waals surface area contributed by atoms with Crippen LogP contribution >= 0.6 is 0 Å². The Morgan fingerprint density at radius 3 is 2.08 bits per heavy atom. The zero-order chi connectivity index (χ0) is 17.4. The molecule has 0 radical (unpaired) electrons. The molecule has 130 valence electrons. The van der Waals surface area contributed by atoms with E-state index in [0.717, 1.165) is 22.9 Å². The topological polar surface area (TPSA) is 35.0 Å². The van der Waals surface area contributed by atoms with Crippen molar-refractivity contribution in [2.45, 2.75) is 66.1 Å². The van der Waals surface area contributed by atoms with Gasteiger partial charge in [-0.05, 0) is 44.1 Å². The van der Waals surface area contributed by atoms with Crippen molar-refractivity contribution in [1.82, 2.24) is 9.97 Å². The molecule has 1 fully saturated rings. The summed E-state index contributed by atoms with van der Waals surface area (Å²) in [6.07, 6.45) is 9.05. The lowest BCUT2D eigenvalue weighted by atomic mass is 9.89. The van der Waals surface area contributed by atoms with Crippen molar-refractivity contribution in [2.75, 3.05) is 0 Å². The van der Waals surface area contributed by atoms with Crippen LogP contribution in [0.5, 0.6) is 0 Å². The highest BCUT2D eigenvalue weighted by molar-refractivity contribution is 5.61. The lowest BCUT2D eigenvalue weighted by molar-refractivity contribution is 0.00565. The quantitative estimate of drug-likeness (QED) is 0.736. The fourth-order valence-electron chi connectivity index (χ4n) is 2.91. The van der Waals surface area contributed by atoms with Gasteiger partial charge < -0.3 is 4.74 Å². The van der Waals surface area contributed by atoms with E-state index in [-0.39, 0.29) is 0 Å². The monoisotopic (exact) mass is 326 g/mol. The SMILES string of the molecule is CC.Cc1ccc(-c2cnc(COC3CCC(C)CC3)nc2)cc1. The highest BCUT2D eigenvalue weighted by Gasteiger charge is 2.18. The molecule has 1 aliphatic carbocycles. The highest BCUT2D eigenvalue weighted by Crippen LogP contribution is 2.26. The lowest BCUT2D eigenvalue weighted by Crippen LogP contribution is -2.20. The van der Waals surface area contributed by atoms with Crippen LogP contribution in [0.15, 0.2) is 36.7 Å². The van der Waals surface area contributed by atoms with Gasteiger partial charge in [0, 0.05) is 18.0 Å². The number of aromatic nitrogens is 2. The summed E-state index contributed by atoms with van der Waals surface area (Å²) in [5.74, 6) is 1.62. The minimum absolute atomic E-state index is 0.386. The van der Waals surface area contributed by atoms with E-state index in [9.17, 15) is 0 Å². The molecule has 1 saturated carbocycles. The molecular formula is C21H30N2O. The van der Waals surface area contributed by atoms with Gasteiger partial charge in [-0.2, -0.15) is 0 Å². The maximum absolute atomic E-state index is 5.95. The number of aryl methyl sites for hydroxylation is 1. The highest BCUT2D eigenvalue weighted by atomic mass is 16.5. The zero-order valence-corrected chi connectivity index (χ0v) is 15.5. The molecule has 3 heteroatoms. The normalized spacial score (nSPS) is 20.2. The maximum Gasteiger partial charge on any atom is 0.153 e. The third-order valence-corrected chi connectivity index (χ3v) is 4.50. The molecule has 24 heavy (non-hydrogen) atoms. The summed E-state index contributed by atoms with van der Waals surface area (Å²) in [6.45, 7) is 8.93. The Morgan fingerprint density at radius 1 is 0.917 bits per heavy atom. The fraction of sp³-hybridized carbons (Fsp3) is 0.524. The summed E-state index contributed by atoms with van der Waals surface area (Å²) < 4.78 is 5.95. The van der Waals surface area contributed by atoms with E-state index in [0.29, 0.717) is 12.7 Å². The summed E-state index contributed by atoms with van der Waals surface area (Å²) in [7, 11) is 0. The number of nitrogens with zero attached hydrogens (tertiary/aromatic N) is 2. The van der Waals surface area contributed by atoms with Crippen LogP contribution in [-0.2, 0) is 11.3 Å². The minimum Gasteiger partial charge on any atom is -0.370 e. The molecule has 3 nitrogen and oxygen atoms in total. The molecular weight excluding hydrogens is 296 g/mol. The van der Waals surface area contributed by atoms with Gasteiger partial charge in [-0.25, -0.2) is 9.97 Å². The first-order valence-electron chi connectivity index (χ1n) is 9.20. The molecule has 0 saturated heterocycles. The van der Waals surface area contributed by atoms with E-state index in [2.05, 4.69) is 48.1 Å². The predicted molar refractivity (Wildman–Crippen MR) is 99.8 cm³/mol. The Kier molecular flexibility index (Phi) is 7.38. The average molecular weight is 326 g/mol. The first-order chi connectivity index (χ1) is 11.7. The largest absolute Gasteiger partial charge is 0.370 e. The second kappa shape index (κ2) is 9.53. The molecule has 0 bridgehead atoms. The van der Waals surface area contributed by atoms with Gasteiger partial charge in [0.2, 0.25) is 0 Å². The van der Waals surface area contributed by atoms with Gasteiger partial charge in [-0.15, -0.1) is 0 Å². The van der Waals surface area contributed by atoms with Gasteiger partial charge in [0.15, 0.2) is 5.82 Å². The molecule has 1 heterocycles. The first kappa shape index (κ1) is 18.6. The zero-order valence-electron chi connectivity index (χ0n) is 15.5. The fourth-order valence-corrected chi connectivity index (χ4v) is 2.91. The van der Waals surface area contributed by atoms with Crippen LogP contribution in [0.2, 0.25) is 0 Å². The second-order valence-electron chi connectivity index (χ2n) is 6.45. The smallest absolute Gasteiger partial charge is 0.153 e. The van der Waals surface area contributed by atoms with Crippen LogP contribution in [0.1, 0.15) is 57.8 Å². The summed E-state index contributed by atoms with van der Waals surface area (Å²) >= 11 is 0. The van der Waals surface area contributed by atoms with Crippen molar-refractivity contribution < 1.29 is 4.74 Å². The molecule has 0 N–H and O–H groups in total. The third-order valence-electron chi connectivity index (χ3n) is 4.50. The number of rotatable bonds is 4. The van der Waals surface area contributed by atoms with Crippen LogP contribution in [0.4, 0.5) is 0 Å². The van der Waals surface area contributed by atoms with Crippen molar-refractivity contribution in [3.63, 3.8) is 0 Å². The third kappa shape index (κ3) is 5.41. The summed E-state index contributed by atoms with van der Waals surface area (Å²) in [6, 6.07) is 8.42. The molecule has 0 aliphatic heterocycles. The van der Waals surface area contributed by atoms with Crippen molar-refractivity contribution >= 4 is 0 Å². The van der Waals surface area contributed by atoms with Crippen LogP contribution < -0.4 is 0 Å².